The van der Waals surface area contributed by atoms with E-state index in [1.165, 1.54) is 20.4 Å². The van der Waals surface area contributed by atoms with Crippen LogP contribution in [0.15, 0.2) is 40.7 Å². The summed E-state index contributed by atoms with van der Waals surface area (Å²) in [5.74, 6) is -1.21. The first kappa shape index (κ1) is 22.7. The normalized spacial score (nSPS) is 27.2. The molecule has 1 fully saturated rings. The van der Waals surface area contributed by atoms with Crippen molar-refractivity contribution in [2.75, 3.05) is 27.9 Å². The molecule has 11 heteroatoms. The number of benzene rings is 1. The van der Waals surface area contributed by atoms with E-state index in [4.69, 9.17) is 28.4 Å². The number of ether oxygens (including phenoxy) is 6. The van der Waals surface area contributed by atoms with Gasteiger partial charge < -0.3 is 38.6 Å². The van der Waals surface area contributed by atoms with Crippen molar-refractivity contribution in [3.8, 4) is 17.6 Å². The lowest BCUT2D eigenvalue weighted by molar-refractivity contribution is -0.217. The number of hydrogen-bond acceptors (Lipinski definition) is 10. The molecule has 0 spiro atoms. The molecule has 4 rings (SSSR count). The third-order valence-electron chi connectivity index (χ3n) is 5.30. The summed E-state index contributed by atoms with van der Waals surface area (Å²) in [6.45, 7) is 0.0966. The quantitative estimate of drug-likeness (QED) is 0.573. The summed E-state index contributed by atoms with van der Waals surface area (Å²) in [5, 5.41) is 21.4. The minimum Gasteiger partial charge on any atom is -0.509 e. The lowest BCUT2D eigenvalue weighted by Crippen LogP contribution is -2.49. The molecule has 0 aliphatic carbocycles. The van der Waals surface area contributed by atoms with Crippen molar-refractivity contribution in [1.29, 1.82) is 0 Å². The first-order valence-electron chi connectivity index (χ1n) is 9.70. The summed E-state index contributed by atoms with van der Waals surface area (Å²) < 4.78 is 33.6. The first-order chi connectivity index (χ1) is 15.4. The lowest BCUT2D eigenvalue weighted by atomic mass is 9.99. The van der Waals surface area contributed by atoms with E-state index < -0.39 is 24.1 Å². The fraction of sp³-hybridized carbons (Fsp3) is 0.429. The highest BCUT2D eigenvalue weighted by Crippen LogP contribution is 2.50. The van der Waals surface area contributed by atoms with Crippen molar-refractivity contribution in [3.05, 3.63) is 51.8 Å². The molecule has 10 nitrogen and oxygen atoms in total. The van der Waals surface area contributed by atoms with Crippen LogP contribution in [0.5, 0.6) is 17.6 Å². The number of hydrogen-bond donors (Lipinski definition) is 2. The van der Waals surface area contributed by atoms with Gasteiger partial charge >= 0.3 is 6.01 Å². The number of aliphatic hydroxyl groups is 2. The number of halogens is 1. The minimum absolute atomic E-state index is 0.0789. The maximum Gasteiger partial charge on any atom is 0.319 e. The van der Waals surface area contributed by atoms with Crippen LogP contribution >= 0.6 is 15.9 Å². The molecule has 4 atom stereocenters. The number of methoxy groups -OCH3 is 3. The molecule has 2 aliphatic rings. The fourth-order valence-electron chi connectivity index (χ4n) is 3.68. The molecular formula is C21H23BrN2O8. The zero-order valence-electron chi connectivity index (χ0n) is 17.6. The summed E-state index contributed by atoms with van der Waals surface area (Å²) in [7, 11) is 4.49. The molecule has 0 radical (unpaired) electrons. The second-order valence-corrected chi connectivity index (χ2v) is 7.97. The van der Waals surface area contributed by atoms with Gasteiger partial charge in [0.05, 0.1) is 38.0 Å². The standard InChI is InChI=1S/C21H23BrN2O8/c1-27-12-6-4-11(5-7-12)9-30-16-15(13-8-23-20(29-3)24-19(13)28-2)32-21(26)17(22)14(25)10-31-18(16)21/h4-8,15-16,18,25-26H,9-10H2,1-3H3/t15-,16?,18-,21+/m0/s1. The van der Waals surface area contributed by atoms with E-state index in [1.807, 2.05) is 24.3 Å². The average Bonchev–Trinajstić information content (AvgIpc) is 3.12. The smallest absolute Gasteiger partial charge is 0.319 e. The lowest BCUT2D eigenvalue weighted by Gasteiger charge is -2.34. The number of fused-ring (bicyclic) bond motifs is 1. The molecule has 2 aromatic rings. The molecule has 2 N–H and O–H groups in total. The molecular weight excluding hydrogens is 488 g/mol. The van der Waals surface area contributed by atoms with Gasteiger partial charge in [-0.1, -0.05) is 12.1 Å². The molecule has 1 unspecified atom stereocenters. The largest absolute Gasteiger partial charge is 0.509 e. The molecule has 1 aromatic heterocycles. The van der Waals surface area contributed by atoms with Crippen LogP contribution < -0.4 is 14.2 Å². The van der Waals surface area contributed by atoms with E-state index in [0.717, 1.165) is 11.3 Å². The first-order valence-corrected chi connectivity index (χ1v) is 10.5. The summed E-state index contributed by atoms with van der Waals surface area (Å²) in [6.07, 6.45) is -1.11. The second kappa shape index (κ2) is 9.20. The summed E-state index contributed by atoms with van der Waals surface area (Å²) in [4.78, 5) is 8.34. The van der Waals surface area contributed by atoms with Crippen LogP contribution in [0, 0.1) is 0 Å². The van der Waals surface area contributed by atoms with E-state index in [2.05, 4.69) is 25.9 Å². The maximum absolute atomic E-state index is 11.3. The Morgan fingerprint density at radius 1 is 1.16 bits per heavy atom. The highest BCUT2D eigenvalue weighted by atomic mass is 79.9. The maximum atomic E-state index is 11.3. The van der Waals surface area contributed by atoms with Crippen LogP contribution in [0.1, 0.15) is 17.2 Å². The van der Waals surface area contributed by atoms with Gasteiger partial charge in [0.2, 0.25) is 11.7 Å². The summed E-state index contributed by atoms with van der Waals surface area (Å²) >= 11 is 3.24. The van der Waals surface area contributed by atoms with Gasteiger partial charge in [-0.2, -0.15) is 4.98 Å². The number of rotatable bonds is 7. The molecule has 32 heavy (non-hydrogen) atoms. The Labute approximate surface area is 192 Å². The summed E-state index contributed by atoms with van der Waals surface area (Å²) in [6, 6.07) is 7.51. The molecule has 172 valence electrons. The molecule has 2 aliphatic heterocycles. The van der Waals surface area contributed by atoms with Crippen molar-refractivity contribution in [1.82, 2.24) is 9.97 Å². The average molecular weight is 511 g/mol. The van der Waals surface area contributed by atoms with E-state index in [9.17, 15) is 10.2 Å². The van der Waals surface area contributed by atoms with Gasteiger partial charge in [-0.15, -0.1) is 0 Å². The van der Waals surface area contributed by atoms with E-state index in [1.54, 1.807) is 7.11 Å². The predicted molar refractivity (Wildman–Crippen MR) is 114 cm³/mol. The highest BCUT2D eigenvalue weighted by molar-refractivity contribution is 9.11. The van der Waals surface area contributed by atoms with E-state index in [0.29, 0.717) is 5.56 Å². The van der Waals surface area contributed by atoms with Crippen molar-refractivity contribution in [2.45, 2.75) is 30.7 Å². The van der Waals surface area contributed by atoms with Crippen LogP contribution in [0.3, 0.4) is 0 Å². The van der Waals surface area contributed by atoms with Gasteiger partial charge in [0.1, 0.15) is 36.4 Å². The van der Waals surface area contributed by atoms with E-state index in [-0.39, 0.29) is 35.3 Å². The van der Waals surface area contributed by atoms with Crippen LogP contribution in [0.25, 0.3) is 0 Å². The molecule has 1 saturated heterocycles. The summed E-state index contributed by atoms with van der Waals surface area (Å²) in [5.41, 5.74) is 1.31. The Morgan fingerprint density at radius 3 is 2.56 bits per heavy atom. The van der Waals surface area contributed by atoms with Gasteiger partial charge in [-0.25, -0.2) is 4.98 Å². The number of aliphatic hydroxyl groups excluding tert-OH is 1. The second-order valence-electron chi connectivity index (χ2n) is 7.17. The van der Waals surface area contributed by atoms with Crippen LogP contribution in [-0.2, 0) is 20.8 Å². The number of aromatic nitrogens is 2. The van der Waals surface area contributed by atoms with Crippen LogP contribution in [-0.4, -0.2) is 66.1 Å². The van der Waals surface area contributed by atoms with Crippen molar-refractivity contribution >= 4 is 15.9 Å². The van der Waals surface area contributed by atoms with Crippen LogP contribution in [0.2, 0.25) is 0 Å². The molecule has 0 amide bonds. The monoisotopic (exact) mass is 510 g/mol. The molecule has 1 aromatic carbocycles. The highest BCUT2D eigenvalue weighted by Gasteiger charge is 2.61. The predicted octanol–water partition coefficient (Wildman–Crippen LogP) is 2.41. The molecule has 0 saturated carbocycles. The zero-order chi connectivity index (χ0) is 22.9. The topological polar surface area (TPSA) is 122 Å². The Balaban J connectivity index is 1.68. The van der Waals surface area contributed by atoms with Gasteiger partial charge in [-0.05, 0) is 33.6 Å². The Morgan fingerprint density at radius 2 is 1.91 bits per heavy atom. The number of nitrogens with zero attached hydrogens (tertiary/aromatic N) is 2. The fourth-order valence-corrected chi connectivity index (χ4v) is 4.11. The zero-order valence-corrected chi connectivity index (χ0v) is 19.2. The van der Waals surface area contributed by atoms with Crippen LogP contribution in [0.4, 0.5) is 0 Å². The van der Waals surface area contributed by atoms with Crippen molar-refractivity contribution in [2.24, 2.45) is 0 Å². The molecule has 0 bridgehead atoms. The third kappa shape index (κ3) is 4.02. The van der Waals surface area contributed by atoms with Gasteiger partial charge in [0.15, 0.2) is 0 Å². The van der Waals surface area contributed by atoms with Crippen molar-refractivity contribution < 1.29 is 38.6 Å². The molecule has 3 heterocycles. The van der Waals surface area contributed by atoms with Gasteiger partial charge in [0, 0.05) is 6.20 Å². The third-order valence-corrected chi connectivity index (χ3v) is 6.32. The van der Waals surface area contributed by atoms with Gasteiger partial charge in [0.25, 0.3) is 0 Å². The minimum atomic E-state index is -1.97. The Hall–Kier alpha value is -2.44. The van der Waals surface area contributed by atoms with E-state index >= 15 is 0 Å². The SMILES string of the molecule is COc1ccc(COC2[C@H](c3cnc(OC)nc3OC)O[C@]3(O)C(Br)=C(O)CO[C@@H]23)cc1. The van der Waals surface area contributed by atoms with Crippen molar-refractivity contribution in [3.63, 3.8) is 0 Å². The Kier molecular flexibility index (Phi) is 6.54. The van der Waals surface area contributed by atoms with Gasteiger partial charge in [-0.3, -0.25) is 0 Å². The Bertz CT molecular complexity index is 1000.